The van der Waals surface area contributed by atoms with E-state index < -0.39 is 6.10 Å². The highest BCUT2D eigenvalue weighted by Gasteiger charge is 2.29. The molecule has 1 atom stereocenters. The third-order valence-electron chi connectivity index (χ3n) is 2.09. The van der Waals surface area contributed by atoms with Crippen molar-refractivity contribution in [3.63, 3.8) is 0 Å². The van der Waals surface area contributed by atoms with Crippen LogP contribution in [0.25, 0.3) is 0 Å². The number of anilines is 1. The lowest BCUT2D eigenvalue weighted by Crippen LogP contribution is -2.26. The van der Waals surface area contributed by atoms with Crippen molar-refractivity contribution in [2.24, 2.45) is 0 Å². The zero-order chi connectivity index (χ0) is 10.1. The topological polar surface area (TPSA) is 53.4 Å². The van der Waals surface area contributed by atoms with Crippen molar-refractivity contribution in [2.75, 3.05) is 11.4 Å². The molecule has 2 rings (SSSR count). The van der Waals surface area contributed by atoms with Gasteiger partial charge in [-0.15, -0.1) is 0 Å². The molecule has 1 aliphatic heterocycles. The summed E-state index contributed by atoms with van der Waals surface area (Å²) in [5.41, 5.74) is 0. The highest BCUT2D eigenvalue weighted by Crippen LogP contribution is 2.19. The summed E-state index contributed by atoms with van der Waals surface area (Å²) in [4.78, 5) is 17.0. The van der Waals surface area contributed by atoms with Crippen LogP contribution in [0.2, 0.25) is 0 Å². The van der Waals surface area contributed by atoms with E-state index in [1.54, 1.807) is 12.3 Å². The van der Waals surface area contributed by atoms with E-state index in [9.17, 15) is 9.90 Å². The Bertz CT molecular complexity index is 352. The van der Waals surface area contributed by atoms with Crippen LogP contribution in [0.15, 0.2) is 18.3 Å². The molecule has 1 aromatic rings. The molecule has 0 saturated carbocycles. The number of aliphatic hydroxyl groups excluding tert-OH is 1. The first-order chi connectivity index (χ1) is 6.66. The SMILES string of the molecule is O=C1CC(O)CN1c1ccc(I)cn1. The van der Waals surface area contributed by atoms with Gasteiger partial charge in [0.1, 0.15) is 5.82 Å². The van der Waals surface area contributed by atoms with Gasteiger partial charge in [0.2, 0.25) is 5.91 Å². The van der Waals surface area contributed by atoms with Crippen LogP contribution in [0.1, 0.15) is 6.42 Å². The molecule has 2 heterocycles. The third-order valence-corrected chi connectivity index (χ3v) is 2.73. The quantitative estimate of drug-likeness (QED) is 0.780. The van der Waals surface area contributed by atoms with E-state index in [2.05, 4.69) is 27.6 Å². The Labute approximate surface area is 95.1 Å². The lowest BCUT2D eigenvalue weighted by molar-refractivity contribution is -0.117. The zero-order valence-electron chi connectivity index (χ0n) is 7.35. The molecule has 0 bridgehead atoms. The van der Waals surface area contributed by atoms with E-state index in [1.807, 2.05) is 6.07 Å². The summed E-state index contributed by atoms with van der Waals surface area (Å²) >= 11 is 2.15. The summed E-state index contributed by atoms with van der Waals surface area (Å²) in [7, 11) is 0. The second kappa shape index (κ2) is 3.82. The van der Waals surface area contributed by atoms with E-state index in [1.165, 1.54) is 4.90 Å². The lowest BCUT2D eigenvalue weighted by Gasteiger charge is -2.13. The molecule has 0 aliphatic carbocycles. The maximum absolute atomic E-state index is 11.4. The first-order valence-corrected chi connectivity index (χ1v) is 5.34. The predicted molar refractivity (Wildman–Crippen MR) is 59.9 cm³/mol. The van der Waals surface area contributed by atoms with Gasteiger partial charge in [0.05, 0.1) is 19.1 Å². The van der Waals surface area contributed by atoms with Gasteiger partial charge >= 0.3 is 0 Å². The number of hydrogen-bond donors (Lipinski definition) is 1. The van der Waals surface area contributed by atoms with Crippen LogP contribution in [-0.2, 0) is 4.79 Å². The molecule has 1 aliphatic rings. The molecule has 1 N–H and O–H groups in total. The van der Waals surface area contributed by atoms with Crippen molar-refractivity contribution >= 4 is 34.3 Å². The molecule has 0 radical (unpaired) electrons. The number of amides is 1. The molecule has 14 heavy (non-hydrogen) atoms. The molecular formula is C9H9IN2O2. The Balaban J connectivity index is 2.23. The van der Waals surface area contributed by atoms with E-state index in [4.69, 9.17) is 0 Å². The molecule has 0 aromatic carbocycles. The smallest absolute Gasteiger partial charge is 0.230 e. The standard InChI is InChI=1S/C9H9IN2O2/c10-6-1-2-8(11-4-6)12-5-7(13)3-9(12)14/h1-2,4,7,13H,3,5H2. The molecule has 1 amide bonds. The van der Waals surface area contributed by atoms with Crippen molar-refractivity contribution in [1.82, 2.24) is 4.98 Å². The number of aliphatic hydroxyl groups is 1. The van der Waals surface area contributed by atoms with Gasteiger partial charge in [-0.25, -0.2) is 4.98 Å². The fraction of sp³-hybridized carbons (Fsp3) is 0.333. The molecule has 1 fully saturated rings. The zero-order valence-corrected chi connectivity index (χ0v) is 9.51. The molecule has 0 spiro atoms. The van der Waals surface area contributed by atoms with E-state index in [-0.39, 0.29) is 12.3 Å². The summed E-state index contributed by atoms with van der Waals surface area (Å²) in [5, 5.41) is 9.29. The number of aromatic nitrogens is 1. The average molecular weight is 304 g/mol. The van der Waals surface area contributed by atoms with Gasteiger partial charge in [0.15, 0.2) is 0 Å². The summed E-state index contributed by atoms with van der Waals surface area (Å²) in [6.07, 6.45) is 1.35. The number of carbonyl (C=O) groups is 1. The van der Waals surface area contributed by atoms with Crippen LogP contribution >= 0.6 is 22.6 Å². The van der Waals surface area contributed by atoms with E-state index in [0.717, 1.165) is 3.57 Å². The summed E-state index contributed by atoms with van der Waals surface area (Å²) < 4.78 is 1.03. The number of carbonyl (C=O) groups excluding carboxylic acids is 1. The van der Waals surface area contributed by atoms with Crippen LogP contribution in [0, 0.1) is 3.57 Å². The summed E-state index contributed by atoms with van der Waals surface area (Å²) in [6.45, 7) is 0.354. The minimum atomic E-state index is -0.552. The minimum absolute atomic E-state index is 0.0637. The van der Waals surface area contributed by atoms with Crippen LogP contribution in [0.4, 0.5) is 5.82 Å². The number of halogens is 1. The number of rotatable bonds is 1. The van der Waals surface area contributed by atoms with E-state index in [0.29, 0.717) is 12.4 Å². The predicted octanol–water partition coefficient (Wildman–Crippen LogP) is 0.784. The fourth-order valence-corrected chi connectivity index (χ4v) is 1.76. The Kier molecular flexibility index (Phi) is 2.69. The lowest BCUT2D eigenvalue weighted by atomic mass is 10.3. The largest absolute Gasteiger partial charge is 0.391 e. The van der Waals surface area contributed by atoms with Gasteiger partial charge in [-0.3, -0.25) is 9.69 Å². The first kappa shape index (κ1) is 9.85. The Morgan fingerprint density at radius 3 is 2.86 bits per heavy atom. The molecule has 1 unspecified atom stereocenters. The highest BCUT2D eigenvalue weighted by molar-refractivity contribution is 14.1. The van der Waals surface area contributed by atoms with E-state index >= 15 is 0 Å². The molecule has 5 heteroatoms. The minimum Gasteiger partial charge on any atom is -0.391 e. The number of nitrogens with zero attached hydrogens (tertiary/aromatic N) is 2. The number of pyridine rings is 1. The molecule has 1 aromatic heterocycles. The van der Waals surface area contributed by atoms with Crippen LogP contribution < -0.4 is 4.90 Å². The summed E-state index contributed by atoms with van der Waals surface area (Å²) in [6, 6.07) is 3.68. The monoisotopic (exact) mass is 304 g/mol. The second-order valence-corrected chi connectivity index (χ2v) is 4.44. The van der Waals surface area contributed by atoms with Crippen molar-refractivity contribution in [1.29, 1.82) is 0 Å². The van der Waals surface area contributed by atoms with Gasteiger partial charge in [0, 0.05) is 9.77 Å². The third kappa shape index (κ3) is 1.88. The number of hydrogen-bond acceptors (Lipinski definition) is 3. The van der Waals surface area contributed by atoms with Crippen molar-refractivity contribution in [3.8, 4) is 0 Å². The Hall–Kier alpha value is -0.690. The maximum atomic E-state index is 11.4. The second-order valence-electron chi connectivity index (χ2n) is 3.20. The maximum Gasteiger partial charge on any atom is 0.230 e. The van der Waals surface area contributed by atoms with Crippen LogP contribution in [0.5, 0.6) is 0 Å². The van der Waals surface area contributed by atoms with Crippen molar-refractivity contribution in [3.05, 3.63) is 21.9 Å². The molecule has 4 nitrogen and oxygen atoms in total. The molecular weight excluding hydrogens is 295 g/mol. The normalized spacial score (nSPS) is 21.7. The van der Waals surface area contributed by atoms with Crippen molar-refractivity contribution in [2.45, 2.75) is 12.5 Å². The first-order valence-electron chi connectivity index (χ1n) is 4.27. The van der Waals surface area contributed by atoms with Crippen LogP contribution in [-0.4, -0.2) is 28.6 Å². The highest BCUT2D eigenvalue weighted by atomic mass is 127. The van der Waals surface area contributed by atoms with Gasteiger partial charge < -0.3 is 5.11 Å². The fourth-order valence-electron chi connectivity index (χ4n) is 1.44. The van der Waals surface area contributed by atoms with Gasteiger partial charge in [-0.1, -0.05) is 0 Å². The average Bonchev–Trinajstić information content (AvgIpc) is 2.47. The van der Waals surface area contributed by atoms with Gasteiger partial charge in [-0.2, -0.15) is 0 Å². The number of β-amino-alcohol motifs (C(OH)–C–C–N with tert-alkyl or cyclic N) is 1. The van der Waals surface area contributed by atoms with Gasteiger partial charge in [-0.05, 0) is 34.7 Å². The van der Waals surface area contributed by atoms with Crippen molar-refractivity contribution < 1.29 is 9.90 Å². The van der Waals surface area contributed by atoms with Gasteiger partial charge in [0.25, 0.3) is 0 Å². The molecule has 1 saturated heterocycles. The van der Waals surface area contributed by atoms with Crippen LogP contribution in [0.3, 0.4) is 0 Å². The summed E-state index contributed by atoms with van der Waals surface area (Å²) in [5.74, 6) is 0.554. The Morgan fingerprint density at radius 1 is 1.57 bits per heavy atom. The Morgan fingerprint density at radius 2 is 2.36 bits per heavy atom. The molecule has 74 valence electrons.